The molecule has 0 aliphatic heterocycles. The van der Waals surface area contributed by atoms with Crippen LogP contribution in [0.4, 0.5) is 18.0 Å². The van der Waals surface area contributed by atoms with Crippen LogP contribution in [0.25, 0.3) is 11.0 Å². The van der Waals surface area contributed by atoms with Crippen molar-refractivity contribution < 1.29 is 27.4 Å². The van der Waals surface area contributed by atoms with Crippen molar-refractivity contribution in [2.45, 2.75) is 76.9 Å². The Morgan fingerprint density at radius 2 is 1.74 bits per heavy atom. The summed E-state index contributed by atoms with van der Waals surface area (Å²) >= 11 is 6.25. The molecule has 206 valence electrons. The molecule has 2 aromatic carbocycles. The third kappa shape index (κ3) is 6.11. The monoisotopic (exact) mass is 553 g/mol. The molecule has 0 atom stereocenters. The Balaban J connectivity index is 1.65. The first-order valence-corrected chi connectivity index (χ1v) is 12.8. The minimum atomic E-state index is -4.55. The SMILES string of the molecule is COc1ccc(Cn2c(=O)n([C@H]3CC[C@H](NC(=O)OC(C)(C)C)CC3)c3ccc(C(F)(F)F)cc32)cc1Cl. The maximum Gasteiger partial charge on any atom is 0.416 e. The summed E-state index contributed by atoms with van der Waals surface area (Å²) in [7, 11) is 1.48. The van der Waals surface area contributed by atoms with Gasteiger partial charge in [-0.15, -0.1) is 0 Å². The van der Waals surface area contributed by atoms with Crippen LogP contribution in [0.1, 0.15) is 63.6 Å². The number of ether oxygens (including phenoxy) is 2. The second kappa shape index (κ2) is 10.6. The van der Waals surface area contributed by atoms with Gasteiger partial charge in [-0.05, 0) is 82.3 Å². The van der Waals surface area contributed by atoms with E-state index in [1.165, 1.54) is 17.7 Å². The summed E-state index contributed by atoms with van der Waals surface area (Å²) in [6, 6.07) is 8.07. The number of fused-ring (bicyclic) bond motifs is 1. The molecule has 1 amide bonds. The van der Waals surface area contributed by atoms with Gasteiger partial charge in [-0.3, -0.25) is 9.13 Å². The maximum atomic E-state index is 13.7. The quantitative estimate of drug-likeness (QED) is 0.389. The van der Waals surface area contributed by atoms with Crippen LogP contribution in [0.3, 0.4) is 0 Å². The van der Waals surface area contributed by atoms with E-state index in [-0.39, 0.29) is 24.1 Å². The molecule has 7 nitrogen and oxygen atoms in total. The molecular formula is C27H31ClF3N3O4. The number of aromatic nitrogens is 2. The average molecular weight is 554 g/mol. The Morgan fingerprint density at radius 1 is 1.05 bits per heavy atom. The number of benzene rings is 2. The minimum absolute atomic E-state index is 0.0445. The summed E-state index contributed by atoms with van der Waals surface area (Å²) in [4.78, 5) is 25.8. The lowest BCUT2D eigenvalue weighted by molar-refractivity contribution is -0.137. The van der Waals surface area contributed by atoms with Gasteiger partial charge in [-0.1, -0.05) is 17.7 Å². The molecule has 11 heteroatoms. The molecule has 1 aliphatic carbocycles. The molecule has 0 unspecified atom stereocenters. The second-order valence-electron chi connectivity index (χ2n) is 10.6. The molecular weight excluding hydrogens is 523 g/mol. The zero-order chi connectivity index (χ0) is 27.8. The lowest BCUT2D eigenvalue weighted by atomic mass is 9.91. The van der Waals surface area contributed by atoms with Crippen LogP contribution in [0.5, 0.6) is 5.75 Å². The molecule has 0 bridgehead atoms. The summed E-state index contributed by atoms with van der Waals surface area (Å²) in [5.41, 5.74) is -0.542. The Bertz CT molecular complexity index is 1380. The van der Waals surface area contributed by atoms with Gasteiger partial charge in [0.1, 0.15) is 11.4 Å². The number of nitrogens with zero attached hydrogens (tertiary/aromatic N) is 2. The first kappa shape index (κ1) is 27.9. The van der Waals surface area contributed by atoms with Gasteiger partial charge >= 0.3 is 18.0 Å². The van der Waals surface area contributed by atoms with Crippen LogP contribution in [-0.4, -0.2) is 34.0 Å². The molecule has 38 heavy (non-hydrogen) atoms. The van der Waals surface area contributed by atoms with Crippen LogP contribution < -0.4 is 15.7 Å². The van der Waals surface area contributed by atoms with E-state index < -0.39 is 29.1 Å². The van der Waals surface area contributed by atoms with Crippen LogP contribution in [0.2, 0.25) is 5.02 Å². The van der Waals surface area contributed by atoms with E-state index >= 15 is 0 Å². The average Bonchev–Trinajstić information content (AvgIpc) is 3.08. The third-order valence-electron chi connectivity index (χ3n) is 6.63. The highest BCUT2D eigenvalue weighted by Gasteiger charge is 2.33. The van der Waals surface area contributed by atoms with E-state index in [0.717, 1.165) is 12.1 Å². The van der Waals surface area contributed by atoms with E-state index in [1.54, 1.807) is 43.5 Å². The normalized spacial score (nSPS) is 18.4. The van der Waals surface area contributed by atoms with Gasteiger partial charge < -0.3 is 14.8 Å². The molecule has 1 N–H and O–H groups in total. The van der Waals surface area contributed by atoms with Crippen LogP contribution in [0, 0.1) is 0 Å². The summed E-state index contributed by atoms with van der Waals surface area (Å²) in [5, 5.41) is 3.22. The predicted octanol–water partition coefficient (Wildman–Crippen LogP) is 6.54. The van der Waals surface area contributed by atoms with Gasteiger partial charge in [0.15, 0.2) is 0 Å². The molecule has 0 saturated heterocycles. The summed E-state index contributed by atoms with van der Waals surface area (Å²) in [6.07, 6.45) is -2.67. The zero-order valence-electron chi connectivity index (χ0n) is 21.7. The van der Waals surface area contributed by atoms with Crippen molar-refractivity contribution in [1.29, 1.82) is 0 Å². The maximum absolute atomic E-state index is 13.7. The molecule has 1 aromatic heterocycles. The van der Waals surface area contributed by atoms with Crippen LogP contribution in [0.15, 0.2) is 41.2 Å². The molecule has 1 heterocycles. The highest BCUT2D eigenvalue weighted by atomic mass is 35.5. The van der Waals surface area contributed by atoms with Crippen LogP contribution in [-0.2, 0) is 17.5 Å². The lowest BCUT2D eigenvalue weighted by Gasteiger charge is -2.30. The Kier molecular flexibility index (Phi) is 7.74. The van der Waals surface area contributed by atoms with Gasteiger partial charge in [0.2, 0.25) is 0 Å². The minimum Gasteiger partial charge on any atom is -0.495 e. The Labute approximate surface area is 223 Å². The number of imidazole rings is 1. The van der Waals surface area contributed by atoms with Crippen molar-refractivity contribution in [2.24, 2.45) is 0 Å². The molecule has 1 aliphatic rings. The fourth-order valence-corrected chi connectivity index (χ4v) is 5.19. The number of methoxy groups -OCH3 is 1. The van der Waals surface area contributed by atoms with E-state index in [4.69, 9.17) is 21.1 Å². The number of carbonyl (C=O) groups excluding carboxylic acids is 1. The first-order chi connectivity index (χ1) is 17.8. The predicted molar refractivity (Wildman–Crippen MR) is 139 cm³/mol. The van der Waals surface area contributed by atoms with Gasteiger partial charge in [0.25, 0.3) is 0 Å². The van der Waals surface area contributed by atoms with E-state index in [9.17, 15) is 22.8 Å². The molecule has 4 rings (SSSR count). The standard InChI is InChI=1S/C27H31ClF3N3O4/c1-26(2,3)38-24(35)32-18-7-9-19(10-8-18)34-21-11-6-17(27(29,30)31)14-22(21)33(25(34)36)15-16-5-12-23(37-4)20(28)13-16/h5-6,11-14,18-19H,7-10,15H2,1-4H3,(H,32,35)/t18-,19-. The lowest BCUT2D eigenvalue weighted by Crippen LogP contribution is -2.41. The van der Waals surface area contributed by atoms with Gasteiger partial charge in [0, 0.05) is 12.1 Å². The van der Waals surface area contributed by atoms with Crippen molar-refractivity contribution in [3.8, 4) is 5.75 Å². The highest BCUT2D eigenvalue weighted by molar-refractivity contribution is 6.32. The smallest absolute Gasteiger partial charge is 0.416 e. The number of alkyl carbamates (subject to hydrolysis) is 1. The Morgan fingerprint density at radius 3 is 2.32 bits per heavy atom. The first-order valence-electron chi connectivity index (χ1n) is 12.4. The number of rotatable bonds is 5. The second-order valence-corrected chi connectivity index (χ2v) is 11.0. The number of amides is 1. The zero-order valence-corrected chi connectivity index (χ0v) is 22.4. The van der Waals surface area contributed by atoms with E-state index in [0.29, 0.717) is 47.5 Å². The van der Waals surface area contributed by atoms with Crippen molar-refractivity contribution in [2.75, 3.05) is 7.11 Å². The summed E-state index contributed by atoms with van der Waals surface area (Å²) < 4.78 is 54.1. The van der Waals surface area contributed by atoms with E-state index in [2.05, 4.69) is 5.32 Å². The van der Waals surface area contributed by atoms with Crippen molar-refractivity contribution in [3.05, 3.63) is 63.0 Å². The molecule has 3 aromatic rings. The number of hydrogen-bond donors (Lipinski definition) is 1. The number of hydrogen-bond acceptors (Lipinski definition) is 4. The molecule has 1 fully saturated rings. The van der Waals surface area contributed by atoms with Gasteiger partial charge in [0.05, 0.1) is 35.3 Å². The van der Waals surface area contributed by atoms with Gasteiger partial charge in [-0.25, -0.2) is 9.59 Å². The third-order valence-corrected chi connectivity index (χ3v) is 6.93. The largest absolute Gasteiger partial charge is 0.495 e. The summed E-state index contributed by atoms with van der Waals surface area (Å²) in [6.45, 7) is 5.41. The number of halogens is 4. The number of alkyl halides is 3. The molecule has 0 spiro atoms. The number of carbonyl (C=O) groups is 1. The fraction of sp³-hybridized carbons (Fsp3) is 0.481. The van der Waals surface area contributed by atoms with Crippen molar-refractivity contribution in [3.63, 3.8) is 0 Å². The topological polar surface area (TPSA) is 74.5 Å². The fourth-order valence-electron chi connectivity index (χ4n) is 4.90. The van der Waals surface area contributed by atoms with Gasteiger partial charge in [-0.2, -0.15) is 13.2 Å². The van der Waals surface area contributed by atoms with Crippen molar-refractivity contribution >= 4 is 28.7 Å². The number of nitrogens with one attached hydrogen (secondary N) is 1. The highest BCUT2D eigenvalue weighted by Crippen LogP contribution is 2.35. The van der Waals surface area contributed by atoms with E-state index in [1.807, 2.05) is 0 Å². The Hall–Kier alpha value is -3.14. The molecule has 1 saturated carbocycles. The molecule has 0 radical (unpaired) electrons. The van der Waals surface area contributed by atoms with Crippen molar-refractivity contribution in [1.82, 2.24) is 14.5 Å². The summed E-state index contributed by atoms with van der Waals surface area (Å²) in [5.74, 6) is 0.460. The van der Waals surface area contributed by atoms with Crippen LogP contribution >= 0.6 is 11.6 Å².